The minimum absolute atomic E-state index is 0.317. The van der Waals surface area contributed by atoms with E-state index >= 15 is 0 Å². The predicted octanol–water partition coefficient (Wildman–Crippen LogP) is 2.29. The van der Waals surface area contributed by atoms with Crippen molar-refractivity contribution in [1.82, 2.24) is 0 Å². The molecule has 0 bridgehead atoms. The van der Waals surface area contributed by atoms with E-state index in [0.29, 0.717) is 18.4 Å². The minimum atomic E-state index is -1.05. The van der Waals surface area contributed by atoms with E-state index in [2.05, 4.69) is 13.8 Å². The van der Waals surface area contributed by atoms with E-state index in [-0.39, 0.29) is 0 Å². The summed E-state index contributed by atoms with van der Waals surface area (Å²) in [5, 5.41) is 9.76. The molecule has 1 rings (SSSR count). The van der Waals surface area contributed by atoms with Gasteiger partial charge in [0.15, 0.2) is 6.10 Å². The highest BCUT2D eigenvalue weighted by Crippen LogP contribution is 2.30. The summed E-state index contributed by atoms with van der Waals surface area (Å²) in [5.74, 6) is 0.826. The summed E-state index contributed by atoms with van der Waals surface area (Å²) in [6.45, 7) is 6.49. The Balaban J connectivity index is 2.53. The normalized spacial score (nSPS) is 22.8. The molecule has 1 aliphatic carbocycles. The van der Waals surface area contributed by atoms with Gasteiger partial charge >= 0.3 is 5.97 Å². The molecular formula is C13H22O3. The van der Waals surface area contributed by atoms with Crippen LogP contribution in [-0.2, 0) is 9.53 Å². The maximum atomic E-state index is 11.3. The van der Waals surface area contributed by atoms with Crippen molar-refractivity contribution in [2.45, 2.75) is 46.1 Å². The van der Waals surface area contributed by atoms with Crippen LogP contribution in [0.4, 0.5) is 0 Å². The molecular weight excluding hydrogens is 204 g/mol. The Morgan fingerprint density at radius 3 is 2.75 bits per heavy atom. The molecule has 3 nitrogen and oxygen atoms in total. The second-order valence-corrected chi connectivity index (χ2v) is 4.71. The van der Waals surface area contributed by atoms with Gasteiger partial charge in [-0.05, 0) is 43.6 Å². The molecule has 2 atom stereocenters. The largest absolute Gasteiger partial charge is 0.464 e. The van der Waals surface area contributed by atoms with Crippen LogP contribution in [0, 0.1) is 11.8 Å². The number of aliphatic hydroxyl groups is 1. The standard InChI is InChI=1S/C13H22O3/c1-4-16-13(15)12(14)11-7-5-10(6-8-11)9(2)3/h7,9-10,12,14H,4-6,8H2,1-3H3. The SMILES string of the molecule is CCOC(=O)C(O)C1=CCC(C(C)C)CC1. The zero-order valence-electron chi connectivity index (χ0n) is 10.4. The van der Waals surface area contributed by atoms with Crippen molar-refractivity contribution in [2.75, 3.05) is 6.61 Å². The molecule has 92 valence electrons. The maximum Gasteiger partial charge on any atom is 0.339 e. The van der Waals surface area contributed by atoms with E-state index in [4.69, 9.17) is 4.74 Å². The quantitative estimate of drug-likeness (QED) is 0.591. The minimum Gasteiger partial charge on any atom is -0.464 e. The van der Waals surface area contributed by atoms with E-state index in [1.54, 1.807) is 6.92 Å². The monoisotopic (exact) mass is 226 g/mol. The van der Waals surface area contributed by atoms with Gasteiger partial charge in [-0.3, -0.25) is 0 Å². The Morgan fingerprint density at radius 1 is 1.62 bits per heavy atom. The summed E-state index contributed by atoms with van der Waals surface area (Å²) >= 11 is 0. The molecule has 2 unspecified atom stereocenters. The van der Waals surface area contributed by atoms with Crippen LogP contribution in [0.2, 0.25) is 0 Å². The Morgan fingerprint density at radius 2 is 2.31 bits per heavy atom. The van der Waals surface area contributed by atoms with Crippen LogP contribution in [0.1, 0.15) is 40.0 Å². The average molecular weight is 226 g/mol. The van der Waals surface area contributed by atoms with Gasteiger partial charge in [0.1, 0.15) is 0 Å². The van der Waals surface area contributed by atoms with Crippen molar-refractivity contribution < 1.29 is 14.6 Å². The first-order valence-electron chi connectivity index (χ1n) is 6.09. The molecule has 0 saturated heterocycles. The molecule has 0 spiro atoms. The molecule has 0 amide bonds. The lowest BCUT2D eigenvalue weighted by Crippen LogP contribution is -2.27. The van der Waals surface area contributed by atoms with Gasteiger partial charge in [0.2, 0.25) is 0 Å². The predicted molar refractivity (Wildman–Crippen MR) is 62.9 cm³/mol. The highest BCUT2D eigenvalue weighted by atomic mass is 16.5. The maximum absolute atomic E-state index is 11.3. The summed E-state index contributed by atoms with van der Waals surface area (Å²) in [4.78, 5) is 11.3. The number of aliphatic hydroxyl groups excluding tert-OH is 1. The fourth-order valence-electron chi connectivity index (χ4n) is 2.10. The van der Waals surface area contributed by atoms with Gasteiger partial charge < -0.3 is 9.84 Å². The van der Waals surface area contributed by atoms with Crippen molar-refractivity contribution in [3.05, 3.63) is 11.6 Å². The second kappa shape index (κ2) is 6.04. The molecule has 0 aliphatic heterocycles. The van der Waals surface area contributed by atoms with Crippen molar-refractivity contribution in [1.29, 1.82) is 0 Å². The van der Waals surface area contributed by atoms with Gasteiger partial charge in [-0.2, -0.15) is 0 Å². The fraction of sp³-hybridized carbons (Fsp3) is 0.769. The van der Waals surface area contributed by atoms with Crippen molar-refractivity contribution in [2.24, 2.45) is 11.8 Å². The number of rotatable bonds is 4. The molecule has 1 aliphatic rings. The van der Waals surface area contributed by atoms with Crippen LogP contribution in [0.3, 0.4) is 0 Å². The van der Waals surface area contributed by atoms with Crippen LogP contribution in [-0.4, -0.2) is 23.8 Å². The molecule has 3 heteroatoms. The number of allylic oxidation sites excluding steroid dienone is 1. The highest BCUT2D eigenvalue weighted by Gasteiger charge is 2.25. The zero-order chi connectivity index (χ0) is 12.1. The number of hydrogen-bond donors (Lipinski definition) is 1. The Kier molecular flexibility index (Phi) is 5.00. The van der Waals surface area contributed by atoms with E-state index in [1.807, 2.05) is 6.08 Å². The van der Waals surface area contributed by atoms with E-state index < -0.39 is 12.1 Å². The van der Waals surface area contributed by atoms with Gasteiger partial charge in [0.05, 0.1) is 6.61 Å². The second-order valence-electron chi connectivity index (χ2n) is 4.71. The molecule has 1 N–H and O–H groups in total. The van der Waals surface area contributed by atoms with Crippen molar-refractivity contribution in [3.63, 3.8) is 0 Å². The van der Waals surface area contributed by atoms with E-state index in [0.717, 1.165) is 24.8 Å². The summed E-state index contributed by atoms with van der Waals surface area (Å²) < 4.78 is 4.80. The lowest BCUT2D eigenvalue weighted by molar-refractivity contribution is -0.151. The fourth-order valence-corrected chi connectivity index (χ4v) is 2.10. The average Bonchev–Trinajstić information content (AvgIpc) is 2.28. The number of carbonyl (C=O) groups excluding carboxylic acids is 1. The first-order valence-corrected chi connectivity index (χ1v) is 6.09. The van der Waals surface area contributed by atoms with Crippen molar-refractivity contribution in [3.8, 4) is 0 Å². The molecule has 0 radical (unpaired) electrons. The molecule has 0 heterocycles. The Labute approximate surface area is 97.5 Å². The van der Waals surface area contributed by atoms with E-state index in [1.165, 1.54) is 0 Å². The highest BCUT2D eigenvalue weighted by molar-refractivity contribution is 5.78. The van der Waals surface area contributed by atoms with Crippen LogP contribution >= 0.6 is 0 Å². The number of hydrogen-bond acceptors (Lipinski definition) is 3. The topological polar surface area (TPSA) is 46.5 Å². The first kappa shape index (κ1) is 13.2. The molecule has 0 saturated carbocycles. The third-order valence-corrected chi connectivity index (χ3v) is 3.29. The third-order valence-electron chi connectivity index (χ3n) is 3.29. The smallest absolute Gasteiger partial charge is 0.339 e. The molecule has 0 aromatic carbocycles. The number of esters is 1. The number of carbonyl (C=O) groups is 1. The van der Waals surface area contributed by atoms with Gasteiger partial charge in [-0.25, -0.2) is 4.79 Å². The lowest BCUT2D eigenvalue weighted by atomic mass is 9.81. The van der Waals surface area contributed by atoms with Crippen molar-refractivity contribution >= 4 is 5.97 Å². The summed E-state index contributed by atoms with van der Waals surface area (Å²) in [5.41, 5.74) is 0.829. The van der Waals surface area contributed by atoms with Crippen LogP contribution in [0.15, 0.2) is 11.6 Å². The summed E-state index contributed by atoms with van der Waals surface area (Å²) in [7, 11) is 0. The van der Waals surface area contributed by atoms with Crippen LogP contribution in [0.25, 0.3) is 0 Å². The zero-order valence-corrected chi connectivity index (χ0v) is 10.4. The molecule has 0 aromatic rings. The van der Waals surface area contributed by atoms with E-state index in [9.17, 15) is 9.90 Å². The van der Waals surface area contributed by atoms with Gasteiger partial charge in [-0.1, -0.05) is 19.9 Å². The third kappa shape index (κ3) is 3.34. The number of ether oxygens (including phenoxy) is 1. The molecule has 0 aromatic heterocycles. The van der Waals surface area contributed by atoms with Crippen LogP contribution < -0.4 is 0 Å². The summed E-state index contributed by atoms with van der Waals surface area (Å²) in [6, 6.07) is 0. The van der Waals surface area contributed by atoms with Crippen LogP contribution in [0.5, 0.6) is 0 Å². The Hall–Kier alpha value is -0.830. The van der Waals surface area contributed by atoms with Gasteiger partial charge in [0.25, 0.3) is 0 Å². The lowest BCUT2D eigenvalue weighted by Gasteiger charge is -2.26. The molecule has 0 fully saturated rings. The first-order chi connectivity index (χ1) is 7.56. The Bertz CT molecular complexity index is 268. The summed E-state index contributed by atoms with van der Waals surface area (Å²) in [6.07, 6.45) is 3.79. The van der Waals surface area contributed by atoms with Gasteiger partial charge in [-0.15, -0.1) is 0 Å². The molecule has 16 heavy (non-hydrogen) atoms. The van der Waals surface area contributed by atoms with Gasteiger partial charge in [0, 0.05) is 0 Å².